The number of halogens is 1. The third kappa shape index (κ3) is 3.28. The fourth-order valence-corrected chi connectivity index (χ4v) is 3.58. The first-order chi connectivity index (χ1) is 7.25. The smallest absolute Gasteiger partial charge is 0.0392 e. The van der Waals surface area contributed by atoms with E-state index < -0.39 is 0 Å². The lowest BCUT2D eigenvalue weighted by atomic mass is 9.91. The first kappa shape index (κ1) is 11.6. The number of rotatable bonds is 3. The molecular weight excluding hydrogens is 272 g/mol. The molecule has 0 aromatic carbocycles. The Bertz CT molecular complexity index is 307. The summed E-state index contributed by atoms with van der Waals surface area (Å²) < 4.78 is 1.16. The van der Waals surface area contributed by atoms with Crippen LogP contribution >= 0.6 is 27.3 Å². The molecule has 0 saturated carbocycles. The lowest BCUT2D eigenvalue weighted by molar-refractivity contribution is 0.334. The zero-order chi connectivity index (χ0) is 10.7. The van der Waals surface area contributed by atoms with Crippen molar-refractivity contribution in [3.8, 4) is 0 Å². The number of nitrogens with two attached hydrogens (primary N) is 1. The summed E-state index contributed by atoms with van der Waals surface area (Å²) in [6, 6.07) is 2.38. The van der Waals surface area contributed by atoms with Gasteiger partial charge in [-0.25, -0.2) is 0 Å². The molecule has 0 aliphatic carbocycles. The molecule has 1 atom stereocenters. The summed E-state index contributed by atoms with van der Waals surface area (Å²) in [5.41, 5.74) is 6.21. The first-order valence-corrected chi connectivity index (χ1v) is 7.13. The third-order valence-corrected chi connectivity index (χ3v) is 4.82. The second-order valence-electron chi connectivity index (χ2n) is 4.20. The van der Waals surface area contributed by atoms with E-state index in [1.54, 1.807) is 11.3 Å². The number of piperidine rings is 1. The Morgan fingerprint density at radius 3 is 2.87 bits per heavy atom. The Labute approximate surface area is 103 Å². The third-order valence-electron chi connectivity index (χ3n) is 3.00. The highest BCUT2D eigenvalue weighted by Gasteiger charge is 2.18. The van der Waals surface area contributed by atoms with Gasteiger partial charge in [0.1, 0.15) is 0 Å². The lowest BCUT2D eigenvalue weighted by Crippen LogP contribution is -2.29. The van der Waals surface area contributed by atoms with E-state index in [-0.39, 0.29) is 6.04 Å². The second kappa shape index (κ2) is 5.43. The van der Waals surface area contributed by atoms with Gasteiger partial charge < -0.3 is 11.1 Å². The molecule has 1 aromatic rings. The largest absolute Gasteiger partial charge is 0.323 e. The van der Waals surface area contributed by atoms with Gasteiger partial charge in [0, 0.05) is 20.8 Å². The van der Waals surface area contributed by atoms with Crippen LogP contribution in [0.15, 0.2) is 15.9 Å². The molecule has 1 saturated heterocycles. The van der Waals surface area contributed by atoms with Gasteiger partial charge in [-0.1, -0.05) is 0 Å². The van der Waals surface area contributed by atoms with Crippen molar-refractivity contribution in [1.82, 2.24) is 5.32 Å². The Balaban J connectivity index is 1.88. The fourth-order valence-electron chi connectivity index (χ4n) is 2.12. The zero-order valence-electron chi connectivity index (χ0n) is 8.71. The standard InChI is InChI=1S/C11H17BrN2S/c12-9-6-11(15-7-9)10(13)5-8-1-3-14-4-2-8/h6-8,10,14H,1-5,13H2. The monoisotopic (exact) mass is 288 g/mol. The first-order valence-electron chi connectivity index (χ1n) is 5.46. The average Bonchev–Trinajstić information content (AvgIpc) is 2.66. The minimum Gasteiger partial charge on any atom is -0.323 e. The molecule has 4 heteroatoms. The molecule has 3 N–H and O–H groups in total. The van der Waals surface area contributed by atoms with Gasteiger partial charge in [-0.15, -0.1) is 11.3 Å². The van der Waals surface area contributed by atoms with Crippen LogP contribution in [0.1, 0.15) is 30.2 Å². The van der Waals surface area contributed by atoms with Crippen molar-refractivity contribution in [3.05, 3.63) is 20.8 Å². The number of nitrogens with one attached hydrogen (secondary N) is 1. The summed E-state index contributed by atoms with van der Waals surface area (Å²) in [7, 11) is 0. The minimum absolute atomic E-state index is 0.226. The highest BCUT2D eigenvalue weighted by Crippen LogP contribution is 2.30. The van der Waals surface area contributed by atoms with Gasteiger partial charge in [0.2, 0.25) is 0 Å². The zero-order valence-corrected chi connectivity index (χ0v) is 11.1. The predicted molar refractivity (Wildman–Crippen MR) is 69.2 cm³/mol. The Kier molecular flexibility index (Phi) is 4.20. The fraction of sp³-hybridized carbons (Fsp3) is 0.636. The van der Waals surface area contributed by atoms with Crippen LogP contribution in [0, 0.1) is 5.92 Å². The van der Waals surface area contributed by atoms with E-state index in [1.165, 1.54) is 17.7 Å². The summed E-state index contributed by atoms with van der Waals surface area (Å²) in [5, 5.41) is 5.49. The number of hydrogen-bond acceptors (Lipinski definition) is 3. The lowest BCUT2D eigenvalue weighted by Gasteiger charge is -2.24. The summed E-state index contributed by atoms with van der Waals surface area (Å²) >= 11 is 5.23. The minimum atomic E-state index is 0.226. The molecule has 0 amide bonds. The van der Waals surface area contributed by atoms with Crippen molar-refractivity contribution < 1.29 is 0 Å². The highest BCUT2D eigenvalue weighted by atomic mass is 79.9. The van der Waals surface area contributed by atoms with Crippen molar-refractivity contribution in [2.45, 2.75) is 25.3 Å². The summed E-state index contributed by atoms with van der Waals surface area (Å²) in [5.74, 6) is 0.808. The predicted octanol–water partition coefficient (Wildman–Crippen LogP) is 2.90. The number of hydrogen-bond donors (Lipinski definition) is 2. The molecule has 15 heavy (non-hydrogen) atoms. The van der Waals surface area contributed by atoms with Crippen molar-refractivity contribution in [2.75, 3.05) is 13.1 Å². The molecular formula is C11H17BrN2S. The molecule has 1 aromatic heterocycles. The van der Waals surface area contributed by atoms with Gasteiger partial charge in [-0.2, -0.15) is 0 Å². The van der Waals surface area contributed by atoms with Crippen LogP contribution < -0.4 is 11.1 Å². The van der Waals surface area contributed by atoms with Crippen LogP contribution in [0.25, 0.3) is 0 Å². The van der Waals surface area contributed by atoms with Gasteiger partial charge in [0.15, 0.2) is 0 Å². The molecule has 1 aliphatic heterocycles. The second-order valence-corrected chi connectivity index (χ2v) is 6.06. The topological polar surface area (TPSA) is 38.0 Å². The molecule has 2 nitrogen and oxygen atoms in total. The quantitative estimate of drug-likeness (QED) is 0.898. The highest BCUT2D eigenvalue weighted by molar-refractivity contribution is 9.10. The molecule has 0 bridgehead atoms. The van der Waals surface area contributed by atoms with E-state index >= 15 is 0 Å². The van der Waals surface area contributed by atoms with Crippen LogP contribution in [0.2, 0.25) is 0 Å². The SMILES string of the molecule is NC(CC1CCNCC1)c1cc(Br)cs1. The van der Waals surface area contributed by atoms with E-state index in [2.05, 4.69) is 32.7 Å². The van der Waals surface area contributed by atoms with Crippen LogP contribution in [-0.4, -0.2) is 13.1 Å². The maximum absolute atomic E-state index is 6.21. The van der Waals surface area contributed by atoms with Crippen molar-refractivity contribution in [1.29, 1.82) is 0 Å². The molecule has 0 radical (unpaired) electrons. The summed E-state index contributed by atoms with van der Waals surface area (Å²) in [4.78, 5) is 1.31. The molecule has 2 heterocycles. The summed E-state index contributed by atoms with van der Waals surface area (Å²) in [6.45, 7) is 2.32. The normalized spacial score (nSPS) is 20.4. The van der Waals surface area contributed by atoms with Gasteiger partial charge >= 0.3 is 0 Å². The van der Waals surface area contributed by atoms with E-state index in [4.69, 9.17) is 5.73 Å². The van der Waals surface area contributed by atoms with Crippen LogP contribution in [0.4, 0.5) is 0 Å². The Morgan fingerprint density at radius 1 is 1.53 bits per heavy atom. The summed E-state index contributed by atoms with van der Waals surface area (Å²) in [6.07, 6.45) is 3.69. The van der Waals surface area contributed by atoms with E-state index in [9.17, 15) is 0 Å². The van der Waals surface area contributed by atoms with Crippen molar-refractivity contribution in [3.63, 3.8) is 0 Å². The van der Waals surface area contributed by atoms with Crippen LogP contribution in [0.3, 0.4) is 0 Å². The average molecular weight is 289 g/mol. The maximum atomic E-state index is 6.21. The molecule has 0 spiro atoms. The molecule has 1 fully saturated rings. The van der Waals surface area contributed by atoms with Gasteiger partial charge in [0.25, 0.3) is 0 Å². The van der Waals surface area contributed by atoms with Crippen molar-refractivity contribution in [2.24, 2.45) is 11.7 Å². The van der Waals surface area contributed by atoms with Gasteiger partial charge in [-0.05, 0) is 60.3 Å². The van der Waals surface area contributed by atoms with E-state index in [1.807, 2.05) is 0 Å². The van der Waals surface area contributed by atoms with Gasteiger partial charge in [0.05, 0.1) is 0 Å². The van der Waals surface area contributed by atoms with E-state index in [0.717, 1.165) is 29.9 Å². The van der Waals surface area contributed by atoms with Crippen LogP contribution in [0.5, 0.6) is 0 Å². The Hall–Kier alpha value is 0.1000. The Morgan fingerprint density at radius 2 is 2.27 bits per heavy atom. The molecule has 84 valence electrons. The maximum Gasteiger partial charge on any atom is 0.0392 e. The molecule has 1 unspecified atom stereocenters. The molecule has 1 aliphatic rings. The number of thiophene rings is 1. The van der Waals surface area contributed by atoms with Gasteiger partial charge in [-0.3, -0.25) is 0 Å². The molecule has 2 rings (SSSR count). The van der Waals surface area contributed by atoms with Crippen molar-refractivity contribution >= 4 is 27.3 Å². The van der Waals surface area contributed by atoms with Crippen LogP contribution in [-0.2, 0) is 0 Å². The van der Waals surface area contributed by atoms with E-state index in [0.29, 0.717) is 0 Å².